The van der Waals surface area contributed by atoms with Crippen LogP contribution in [0.5, 0.6) is 11.5 Å². The van der Waals surface area contributed by atoms with Gasteiger partial charge >= 0.3 is 6.61 Å². The van der Waals surface area contributed by atoms with Gasteiger partial charge in [-0.05, 0) is 45.4 Å². The SMILES string of the molecule is CCNC(=NCc1ccc(OC)c(OC(F)F)c1)NC(C)(C)C.I. The number of hydrogen-bond acceptors (Lipinski definition) is 3. The molecule has 0 radical (unpaired) electrons. The van der Waals surface area contributed by atoms with Gasteiger partial charge in [-0.15, -0.1) is 24.0 Å². The lowest BCUT2D eigenvalue weighted by Crippen LogP contribution is -2.47. The van der Waals surface area contributed by atoms with Crippen LogP contribution in [0.15, 0.2) is 23.2 Å². The Morgan fingerprint density at radius 1 is 1.25 bits per heavy atom. The van der Waals surface area contributed by atoms with E-state index in [0.717, 1.165) is 12.1 Å². The highest BCUT2D eigenvalue weighted by molar-refractivity contribution is 14.0. The normalized spacial score (nSPS) is 11.8. The van der Waals surface area contributed by atoms with Crippen LogP contribution in [-0.4, -0.2) is 31.8 Å². The Labute approximate surface area is 159 Å². The van der Waals surface area contributed by atoms with Crippen LogP contribution in [0, 0.1) is 0 Å². The number of methoxy groups -OCH3 is 1. The maximum Gasteiger partial charge on any atom is 0.387 e. The summed E-state index contributed by atoms with van der Waals surface area (Å²) in [6, 6.07) is 4.86. The summed E-state index contributed by atoms with van der Waals surface area (Å²) in [7, 11) is 1.40. The number of halogens is 3. The van der Waals surface area contributed by atoms with Crippen molar-refractivity contribution in [1.29, 1.82) is 0 Å². The van der Waals surface area contributed by atoms with Crippen LogP contribution in [0.4, 0.5) is 8.78 Å². The van der Waals surface area contributed by atoms with E-state index >= 15 is 0 Å². The second-order valence-corrected chi connectivity index (χ2v) is 5.93. The predicted octanol–water partition coefficient (Wildman–Crippen LogP) is 3.77. The van der Waals surface area contributed by atoms with Crippen molar-refractivity contribution < 1.29 is 18.3 Å². The molecule has 1 aromatic carbocycles. The molecule has 0 bridgehead atoms. The second kappa shape index (κ2) is 10.5. The Kier molecular flexibility index (Phi) is 9.95. The molecule has 1 aromatic rings. The van der Waals surface area contributed by atoms with Gasteiger partial charge in [-0.3, -0.25) is 0 Å². The lowest BCUT2D eigenvalue weighted by Gasteiger charge is -2.23. The zero-order chi connectivity index (χ0) is 17.5. The number of alkyl halides is 2. The minimum absolute atomic E-state index is 0. The molecule has 0 saturated heterocycles. The molecular formula is C16H26F2IN3O2. The molecule has 0 aromatic heterocycles. The Morgan fingerprint density at radius 2 is 1.92 bits per heavy atom. The molecule has 0 aliphatic carbocycles. The molecule has 0 fully saturated rings. The first-order chi connectivity index (χ1) is 10.7. The monoisotopic (exact) mass is 457 g/mol. The molecule has 0 amide bonds. The third-order valence-electron chi connectivity index (χ3n) is 2.70. The van der Waals surface area contributed by atoms with Crippen molar-refractivity contribution in [1.82, 2.24) is 10.6 Å². The molecule has 24 heavy (non-hydrogen) atoms. The summed E-state index contributed by atoms with van der Waals surface area (Å²) < 4.78 is 34.4. The van der Waals surface area contributed by atoms with Crippen molar-refractivity contribution in [3.05, 3.63) is 23.8 Å². The zero-order valence-corrected chi connectivity index (χ0v) is 17.0. The quantitative estimate of drug-likeness (QED) is 0.388. The number of benzene rings is 1. The van der Waals surface area contributed by atoms with Gasteiger partial charge in [-0.25, -0.2) is 4.99 Å². The smallest absolute Gasteiger partial charge is 0.387 e. The van der Waals surface area contributed by atoms with E-state index in [1.165, 1.54) is 13.2 Å². The van der Waals surface area contributed by atoms with Crippen molar-refractivity contribution in [3.8, 4) is 11.5 Å². The Balaban J connectivity index is 0.00000529. The van der Waals surface area contributed by atoms with E-state index in [-0.39, 0.29) is 41.0 Å². The minimum atomic E-state index is -2.90. The van der Waals surface area contributed by atoms with E-state index in [4.69, 9.17) is 4.74 Å². The number of rotatable bonds is 6. The molecule has 5 nitrogen and oxygen atoms in total. The van der Waals surface area contributed by atoms with Crippen molar-refractivity contribution in [3.63, 3.8) is 0 Å². The van der Waals surface area contributed by atoms with Gasteiger partial charge in [-0.2, -0.15) is 8.78 Å². The summed E-state index contributed by atoms with van der Waals surface area (Å²) in [6.07, 6.45) is 0. The number of hydrogen-bond donors (Lipinski definition) is 2. The van der Waals surface area contributed by atoms with Gasteiger partial charge in [0, 0.05) is 12.1 Å². The Hall–Kier alpha value is -1.32. The van der Waals surface area contributed by atoms with Crippen molar-refractivity contribution in [2.24, 2.45) is 4.99 Å². The standard InChI is InChI=1S/C16H25F2N3O2.HI/c1-6-19-15(21-16(2,3)4)20-10-11-7-8-12(22-5)13(9-11)23-14(17)18;/h7-9,14H,6,10H2,1-5H3,(H2,19,20,21);1H. The predicted molar refractivity (Wildman–Crippen MR) is 103 cm³/mol. The highest BCUT2D eigenvalue weighted by atomic mass is 127. The Bertz CT molecular complexity index is 535. The van der Waals surface area contributed by atoms with E-state index < -0.39 is 6.61 Å². The highest BCUT2D eigenvalue weighted by Crippen LogP contribution is 2.29. The summed E-state index contributed by atoms with van der Waals surface area (Å²) in [4.78, 5) is 4.46. The topological polar surface area (TPSA) is 54.9 Å². The fraction of sp³-hybridized carbons (Fsp3) is 0.562. The molecule has 0 unspecified atom stereocenters. The first-order valence-electron chi connectivity index (χ1n) is 7.43. The Morgan fingerprint density at radius 3 is 2.42 bits per heavy atom. The summed E-state index contributed by atoms with van der Waals surface area (Å²) in [5, 5.41) is 6.40. The van der Waals surface area contributed by atoms with E-state index in [0.29, 0.717) is 12.5 Å². The first-order valence-corrected chi connectivity index (χ1v) is 7.43. The van der Waals surface area contributed by atoms with Crippen molar-refractivity contribution >= 4 is 29.9 Å². The molecule has 2 N–H and O–H groups in total. The van der Waals surface area contributed by atoms with E-state index in [1.807, 2.05) is 27.7 Å². The van der Waals surface area contributed by atoms with Crippen LogP contribution >= 0.6 is 24.0 Å². The third kappa shape index (κ3) is 8.51. The van der Waals surface area contributed by atoms with Gasteiger partial charge < -0.3 is 20.1 Å². The number of nitrogens with zero attached hydrogens (tertiary/aromatic N) is 1. The maximum atomic E-state index is 12.4. The number of ether oxygens (including phenoxy) is 2. The van der Waals surface area contributed by atoms with E-state index in [9.17, 15) is 8.78 Å². The maximum absolute atomic E-state index is 12.4. The molecule has 0 aliphatic heterocycles. The number of aliphatic imine (C=N–C) groups is 1. The average Bonchev–Trinajstić information content (AvgIpc) is 2.43. The molecular weight excluding hydrogens is 431 g/mol. The van der Waals surface area contributed by atoms with Gasteiger partial charge in [0.1, 0.15) is 0 Å². The minimum Gasteiger partial charge on any atom is -0.493 e. The lowest BCUT2D eigenvalue weighted by atomic mass is 10.1. The molecule has 0 heterocycles. The molecule has 138 valence electrons. The van der Waals surface area contributed by atoms with Crippen LogP contribution in [0.3, 0.4) is 0 Å². The highest BCUT2D eigenvalue weighted by Gasteiger charge is 2.13. The second-order valence-electron chi connectivity index (χ2n) is 5.93. The fourth-order valence-electron chi connectivity index (χ4n) is 1.84. The van der Waals surface area contributed by atoms with Gasteiger partial charge in [0.15, 0.2) is 17.5 Å². The van der Waals surface area contributed by atoms with E-state index in [2.05, 4.69) is 20.4 Å². The van der Waals surface area contributed by atoms with Crippen molar-refractivity contribution in [2.45, 2.75) is 46.4 Å². The van der Waals surface area contributed by atoms with Gasteiger partial charge in [0.2, 0.25) is 0 Å². The van der Waals surface area contributed by atoms with Gasteiger partial charge in [-0.1, -0.05) is 6.07 Å². The first kappa shape index (κ1) is 22.7. The molecule has 0 aliphatic rings. The molecule has 0 spiro atoms. The lowest BCUT2D eigenvalue weighted by molar-refractivity contribution is -0.0512. The van der Waals surface area contributed by atoms with Crippen molar-refractivity contribution in [2.75, 3.05) is 13.7 Å². The summed E-state index contributed by atoms with van der Waals surface area (Å²) in [5.41, 5.74) is 0.609. The van der Waals surface area contributed by atoms with E-state index in [1.54, 1.807) is 12.1 Å². The fourth-order valence-corrected chi connectivity index (χ4v) is 1.84. The number of guanidine groups is 1. The zero-order valence-electron chi connectivity index (χ0n) is 14.7. The molecule has 1 rings (SSSR count). The summed E-state index contributed by atoms with van der Waals surface area (Å²) in [5.74, 6) is 0.925. The molecule has 8 heteroatoms. The van der Waals surface area contributed by atoms with Crippen LogP contribution < -0.4 is 20.1 Å². The largest absolute Gasteiger partial charge is 0.493 e. The van der Waals surface area contributed by atoms with Gasteiger partial charge in [0.05, 0.1) is 13.7 Å². The third-order valence-corrected chi connectivity index (χ3v) is 2.70. The van der Waals surface area contributed by atoms with Crippen LogP contribution in [0.1, 0.15) is 33.3 Å². The van der Waals surface area contributed by atoms with Crippen LogP contribution in [0.25, 0.3) is 0 Å². The van der Waals surface area contributed by atoms with Crippen LogP contribution in [0.2, 0.25) is 0 Å². The van der Waals surface area contributed by atoms with Crippen LogP contribution in [-0.2, 0) is 6.54 Å². The summed E-state index contributed by atoms with van der Waals surface area (Å²) >= 11 is 0. The van der Waals surface area contributed by atoms with Gasteiger partial charge in [0.25, 0.3) is 0 Å². The number of nitrogens with one attached hydrogen (secondary N) is 2. The average molecular weight is 457 g/mol. The molecule has 0 atom stereocenters. The molecule has 0 saturated carbocycles. The summed E-state index contributed by atoms with van der Waals surface area (Å²) in [6.45, 7) is 6.22.